The highest BCUT2D eigenvalue weighted by atomic mass is 32.2. The molecule has 0 spiro atoms. The average molecular weight is 386 g/mol. The highest BCUT2D eigenvalue weighted by Gasteiger charge is 2.33. The molecule has 1 heterocycles. The minimum atomic E-state index is -1.30. The summed E-state index contributed by atoms with van der Waals surface area (Å²) in [5.74, 6) is 0. The summed E-state index contributed by atoms with van der Waals surface area (Å²) >= 11 is 0. The Hall–Kier alpha value is -2.28. The third-order valence-corrected chi connectivity index (χ3v) is 5.31. The van der Waals surface area contributed by atoms with Gasteiger partial charge in [0, 0.05) is 22.3 Å². The molecule has 1 aliphatic heterocycles. The number of benzene rings is 2. The molecule has 0 aromatic heterocycles. The Morgan fingerprint density at radius 1 is 1.15 bits per heavy atom. The van der Waals surface area contributed by atoms with Crippen molar-refractivity contribution in [3.8, 4) is 0 Å². The van der Waals surface area contributed by atoms with Crippen molar-refractivity contribution in [2.24, 2.45) is 0 Å². The minimum absolute atomic E-state index is 0.201. The van der Waals surface area contributed by atoms with Crippen LogP contribution in [0.1, 0.15) is 23.8 Å². The summed E-state index contributed by atoms with van der Waals surface area (Å²) in [5.41, 5.74) is 2.00. The fraction of sp³-hybridized carbons (Fsp3) is 0.286. The molecule has 1 fully saturated rings. The molecule has 5 nitrogen and oxygen atoms in total. The average Bonchev–Trinajstić information content (AvgIpc) is 2.70. The summed E-state index contributed by atoms with van der Waals surface area (Å²) in [7, 11) is -1.30. The lowest BCUT2D eigenvalue weighted by molar-refractivity contribution is -0.256. The summed E-state index contributed by atoms with van der Waals surface area (Å²) in [4.78, 5) is 11.7. The maximum absolute atomic E-state index is 12.3. The molecule has 0 bridgehead atoms. The number of carbonyl (C=O) groups excluding carboxylic acids is 1. The van der Waals surface area contributed by atoms with Gasteiger partial charge in [0.1, 0.15) is 18.5 Å². The summed E-state index contributed by atoms with van der Waals surface area (Å²) in [5, 5.41) is 1.48. The summed E-state index contributed by atoms with van der Waals surface area (Å²) in [6.07, 6.45) is 1.00. The van der Waals surface area contributed by atoms with Crippen molar-refractivity contribution >= 4 is 17.1 Å². The first-order valence-electron chi connectivity index (χ1n) is 8.72. The van der Waals surface area contributed by atoms with Gasteiger partial charge in [-0.05, 0) is 19.1 Å². The monoisotopic (exact) mass is 386 g/mol. The molecule has 2 aromatic carbocycles. The van der Waals surface area contributed by atoms with Crippen LogP contribution in [-0.2, 0) is 29.8 Å². The van der Waals surface area contributed by atoms with E-state index in [1.54, 1.807) is 0 Å². The normalized spacial score (nSPS) is 23.8. The van der Waals surface area contributed by atoms with Gasteiger partial charge in [-0.25, -0.2) is 4.21 Å². The third-order valence-electron chi connectivity index (χ3n) is 4.21. The van der Waals surface area contributed by atoms with Crippen LogP contribution in [0.2, 0.25) is 0 Å². The van der Waals surface area contributed by atoms with Crippen molar-refractivity contribution in [3.63, 3.8) is 0 Å². The number of aldehydes is 1. The summed E-state index contributed by atoms with van der Waals surface area (Å²) in [6, 6.07) is 17.0. The predicted octanol–water partition coefficient (Wildman–Crippen LogP) is 3.66. The number of aryl methyl sites for hydroxylation is 1. The molecular formula is C21H22O5S. The Bertz CT molecular complexity index is 788. The Morgan fingerprint density at radius 2 is 1.89 bits per heavy atom. The second kappa shape index (κ2) is 9.60. The molecule has 0 aliphatic carbocycles. The maximum atomic E-state index is 12.3. The highest BCUT2D eigenvalue weighted by Crippen LogP contribution is 2.28. The van der Waals surface area contributed by atoms with Crippen LogP contribution in [0.4, 0.5) is 0 Å². The van der Waals surface area contributed by atoms with E-state index in [0.29, 0.717) is 4.90 Å². The van der Waals surface area contributed by atoms with Crippen LogP contribution in [0.25, 0.3) is 0 Å². The molecule has 0 amide bonds. The highest BCUT2D eigenvalue weighted by molar-refractivity contribution is 7.88. The molecule has 1 saturated heterocycles. The first kappa shape index (κ1) is 19.5. The predicted molar refractivity (Wildman–Crippen MR) is 102 cm³/mol. The molecule has 27 heavy (non-hydrogen) atoms. The lowest BCUT2D eigenvalue weighted by atomic mass is 10.1. The zero-order valence-electron chi connectivity index (χ0n) is 15.0. The smallest absolute Gasteiger partial charge is 0.184 e. The van der Waals surface area contributed by atoms with E-state index in [2.05, 4.69) is 0 Å². The zero-order valence-corrected chi connectivity index (χ0v) is 15.8. The first-order valence-corrected chi connectivity index (χ1v) is 9.93. The van der Waals surface area contributed by atoms with Crippen LogP contribution < -0.4 is 0 Å². The second-order valence-corrected chi connectivity index (χ2v) is 7.55. The maximum Gasteiger partial charge on any atom is 0.184 e. The van der Waals surface area contributed by atoms with Gasteiger partial charge >= 0.3 is 0 Å². The largest absolute Gasteiger partial charge is 0.492 e. The fourth-order valence-corrected chi connectivity index (χ4v) is 3.45. The quantitative estimate of drug-likeness (QED) is 0.537. The molecule has 3 rings (SSSR count). The van der Waals surface area contributed by atoms with Crippen molar-refractivity contribution < 1.29 is 23.2 Å². The van der Waals surface area contributed by atoms with Crippen molar-refractivity contribution in [1.29, 1.82) is 0 Å². The summed E-state index contributed by atoms with van der Waals surface area (Å²) < 4.78 is 29.6. The molecular weight excluding hydrogens is 364 g/mol. The molecule has 1 unspecified atom stereocenters. The van der Waals surface area contributed by atoms with E-state index in [4.69, 9.17) is 14.2 Å². The zero-order chi connectivity index (χ0) is 19.1. The van der Waals surface area contributed by atoms with Crippen molar-refractivity contribution in [2.75, 3.05) is 6.61 Å². The molecule has 6 heteroatoms. The number of hydrogen-bond donors (Lipinski definition) is 0. The van der Waals surface area contributed by atoms with E-state index in [0.717, 1.165) is 17.4 Å². The molecule has 4 atom stereocenters. The Balaban J connectivity index is 1.59. The van der Waals surface area contributed by atoms with Gasteiger partial charge in [-0.3, -0.25) is 0 Å². The van der Waals surface area contributed by atoms with E-state index in [1.807, 2.05) is 61.5 Å². The number of ether oxygens (including phenoxy) is 3. The first-order chi connectivity index (χ1) is 13.2. The molecule has 142 valence electrons. The molecule has 0 saturated carbocycles. The van der Waals surface area contributed by atoms with Crippen LogP contribution in [0.15, 0.2) is 71.2 Å². The Labute approximate surface area is 161 Å². The number of hydrogen-bond acceptors (Lipinski definition) is 5. The van der Waals surface area contributed by atoms with Gasteiger partial charge in [-0.15, -0.1) is 0 Å². The topological polar surface area (TPSA) is 61.8 Å². The van der Waals surface area contributed by atoms with Gasteiger partial charge in [0.15, 0.2) is 6.29 Å². The van der Waals surface area contributed by atoms with Crippen molar-refractivity contribution in [3.05, 3.63) is 77.4 Å². The van der Waals surface area contributed by atoms with Gasteiger partial charge in [0.2, 0.25) is 0 Å². The molecule has 1 aliphatic rings. The van der Waals surface area contributed by atoms with Crippen LogP contribution in [0, 0.1) is 6.92 Å². The van der Waals surface area contributed by atoms with Crippen LogP contribution in [0.5, 0.6) is 0 Å². The van der Waals surface area contributed by atoms with E-state index in [9.17, 15) is 9.00 Å². The van der Waals surface area contributed by atoms with E-state index < -0.39 is 29.3 Å². The second-order valence-electron chi connectivity index (χ2n) is 6.21. The van der Waals surface area contributed by atoms with E-state index in [1.165, 1.54) is 11.7 Å². The minimum Gasteiger partial charge on any atom is -0.492 e. The fourth-order valence-electron chi connectivity index (χ4n) is 2.72. The SMILES string of the molecule is Cc1ccc([S@@](=O)/C=C/O[C@@H]2COC(c3ccccc3)O[C@H]2CC=O)cc1. The van der Waals surface area contributed by atoms with Crippen LogP contribution in [0.3, 0.4) is 0 Å². The van der Waals surface area contributed by atoms with Gasteiger partial charge in [0.05, 0.1) is 23.7 Å². The number of rotatable bonds is 7. The van der Waals surface area contributed by atoms with Gasteiger partial charge in [0.25, 0.3) is 0 Å². The van der Waals surface area contributed by atoms with Gasteiger partial charge in [-0.2, -0.15) is 0 Å². The lowest BCUT2D eigenvalue weighted by Gasteiger charge is -2.35. The Morgan fingerprint density at radius 3 is 2.59 bits per heavy atom. The standard InChI is InChI=1S/C21H22O5S/c1-16-7-9-18(10-8-16)27(23)14-13-24-20-15-25-21(26-19(20)11-12-22)17-5-3-2-4-6-17/h2-10,12-14,19-21H,11,15H2,1H3/b14-13+/t19-,20+,21?,27-/m0/s1. The Kier molecular flexibility index (Phi) is 6.92. The lowest BCUT2D eigenvalue weighted by Crippen LogP contribution is -2.41. The van der Waals surface area contributed by atoms with Crippen molar-refractivity contribution in [2.45, 2.75) is 36.7 Å². The molecule has 2 aromatic rings. The van der Waals surface area contributed by atoms with Gasteiger partial charge < -0.3 is 19.0 Å². The van der Waals surface area contributed by atoms with Crippen molar-refractivity contribution in [1.82, 2.24) is 0 Å². The van der Waals surface area contributed by atoms with Gasteiger partial charge in [-0.1, -0.05) is 48.0 Å². The molecule has 0 N–H and O–H groups in total. The molecule has 0 radical (unpaired) electrons. The van der Waals surface area contributed by atoms with E-state index >= 15 is 0 Å². The summed E-state index contributed by atoms with van der Waals surface area (Å²) in [6.45, 7) is 2.25. The van der Waals surface area contributed by atoms with Crippen LogP contribution in [-0.4, -0.2) is 29.3 Å². The third kappa shape index (κ3) is 5.35. The van der Waals surface area contributed by atoms with Crippen LogP contribution >= 0.6 is 0 Å². The number of carbonyl (C=O) groups is 1. The van der Waals surface area contributed by atoms with E-state index in [-0.39, 0.29) is 13.0 Å².